The maximum Gasteiger partial charge on any atom is 0.416 e. The van der Waals surface area contributed by atoms with E-state index in [1.54, 1.807) is 11.0 Å². The van der Waals surface area contributed by atoms with Crippen molar-refractivity contribution < 1.29 is 22.7 Å². The van der Waals surface area contributed by atoms with Gasteiger partial charge in [0.05, 0.1) is 30.1 Å². The molecule has 1 saturated carbocycles. The van der Waals surface area contributed by atoms with Gasteiger partial charge in [-0.2, -0.15) is 13.2 Å². The fraction of sp³-hybridized carbons (Fsp3) is 0.476. The third-order valence-corrected chi connectivity index (χ3v) is 5.58. The van der Waals surface area contributed by atoms with Gasteiger partial charge in [-0.15, -0.1) is 0 Å². The number of benzene rings is 1. The minimum Gasteiger partial charge on any atom is -0.368 e. The first-order valence-electron chi connectivity index (χ1n) is 9.82. The Bertz CT molecular complexity index is 881. The SMILES string of the molecule is O=C(C1CCCC1)N1CCO[C@@H](c2nccnc2-c2cccc(C(F)(F)F)c2)C1. The van der Waals surface area contributed by atoms with Crippen molar-refractivity contribution in [3.8, 4) is 11.3 Å². The van der Waals surface area contributed by atoms with Crippen molar-refractivity contribution in [2.24, 2.45) is 5.92 Å². The van der Waals surface area contributed by atoms with E-state index in [-0.39, 0.29) is 11.8 Å². The quantitative estimate of drug-likeness (QED) is 0.766. The molecule has 4 rings (SSSR count). The number of halogens is 3. The molecule has 2 aliphatic rings. The summed E-state index contributed by atoms with van der Waals surface area (Å²) >= 11 is 0. The van der Waals surface area contributed by atoms with E-state index in [0.717, 1.165) is 37.8 Å². The lowest BCUT2D eigenvalue weighted by Gasteiger charge is -2.34. The van der Waals surface area contributed by atoms with Gasteiger partial charge in [0.15, 0.2) is 0 Å². The van der Waals surface area contributed by atoms with Gasteiger partial charge >= 0.3 is 6.18 Å². The average Bonchev–Trinajstić information content (AvgIpc) is 3.28. The molecule has 1 aromatic heterocycles. The first kappa shape index (κ1) is 19.8. The predicted molar refractivity (Wildman–Crippen MR) is 99.7 cm³/mol. The van der Waals surface area contributed by atoms with Crippen molar-refractivity contribution in [3.05, 3.63) is 47.9 Å². The molecule has 5 nitrogen and oxygen atoms in total. The molecule has 1 atom stereocenters. The standard InChI is InChI=1S/C21H22F3N3O2/c22-21(23,24)16-7-3-6-15(12-16)18-19(26-9-8-25-18)17-13-27(10-11-29-17)20(28)14-4-1-2-5-14/h3,6-9,12,14,17H,1-2,4-5,10-11,13H2/t17-/m1/s1. The Morgan fingerprint density at radius 2 is 1.90 bits per heavy atom. The van der Waals surface area contributed by atoms with Crippen LogP contribution in [0.4, 0.5) is 13.2 Å². The molecule has 2 fully saturated rings. The molecule has 154 valence electrons. The van der Waals surface area contributed by atoms with E-state index in [4.69, 9.17) is 4.74 Å². The van der Waals surface area contributed by atoms with Crippen LogP contribution in [0.3, 0.4) is 0 Å². The number of carbonyl (C=O) groups excluding carboxylic acids is 1. The van der Waals surface area contributed by atoms with Gasteiger partial charge in [0, 0.05) is 30.4 Å². The molecule has 29 heavy (non-hydrogen) atoms. The van der Waals surface area contributed by atoms with E-state index in [9.17, 15) is 18.0 Å². The number of carbonyl (C=O) groups is 1. The normalized spacial score (nSPS) is 20.8. The summed E-state index contributed by atoms with van der Waals surface area (Å²) in [7, 11) is 0. The third kappa shape index (κ3) is 4.27. The van der Waals surface area contributed by atoms with Crippen molar-refractivity contribution >= 4 is 5.91 Å². The van der Waals surface area contributed by atoms with Gasteiger partial charge in [-0.25, -0.2) is 0 Å². The number of amides is 1. The van der Waals surface area contributed by atoms with Gasteiger partial charge in [0.25, 0.3) is 0 Å². The number of morpholine rings is 1. The van der Waals surface area contributed by atoms with Gasteiger partial charge in [0.2, 0.25) is 5.91 Å². The van der Waals surface area contributed by atoms with Gasteiger partial charge in [-0.3, -0.25) is 14.8 Å². The molecule has 8 heteroatoms. The molecule has 1 aliphatic heterocycles. The Labute approximate surface area is 166 Å². The lowest BCUT2D eigenvalue weighted by Crippen LogP contribution is -2.44. The van der Waals surface area contributed by atoms with Crippen LogP contribution in [-0.4, -0.2) is 40.5 Å². The van der Waals surface area contributed by atoms with Crippen molar-refractivity contribution in [2.45, 2.75) is 38.0 Å². The highest BCUT2D eigenvalue weighted by atomic mass is 19.4. The maximum atomic E-state index is 13.1. The number of ether oxygens (including phenoxy) is 1. The molecule has 0 spiro atoms. The van der Waals surface area contributed by atoms with Gasteiger partial charge in [-0.1, -0.05) is 25.0 Å². The highest BCUT2D eigenvalue weighted by molar-refractivity contribution is 5.79. The summed E-state index contributed by atoms with van der Waals surface area (Å²) in [5.74, 6) is 0.207. The third-order valence-electron chi connectivity index (χ3n) is 5.58. The fourth-order valence-electron chi connectivity index (χ4n) is 4.10. The first-order chi connectivity index (χ1) is 13.9. The summed E-state index contributed by atoms with van der Waals surface area (Å²) in [5, 5.41) is 0. The number of alkyl halides is 3. The number of rotatable bonds is 3. The van der Waals surface area contributed by atoms with E-state index < -0.39 is 17.8 Å². The van der Waals surface area contributed by atoms with Crippen molar-refractivity contribution in [3.63, 3.8) is 0 Å². The smallest absolute Gasteiger partial charge is 0.368 e. The first-order valence-corrected chi connectivity index (χ1v) is 9.82. The molecule has 0 N–H and O–H groups in total. The number of hydrogen-bond donors (Lipinski definition) is 0. The zero-order valence-corrected chi connectivity index (χ0v) is 15.9. The fourth-order valence-corrected chi connectivity index (χ4v) is 4.10. The van der Waals surface area contributed by atoms with E-state index in [1.807, 2.05) is 0 Å². The molecule has 0 radical (unpaired) electrons. The Balaban J connectivity index is 1.60. The van der Waals surface area contributed by atoms with Crippen molar-refractivity contribution in [1.29, 1.82) is 0 Å². The van der Waals surface area contributed by atoms with Crippen LogP contribution in [0.25, 0.3) is 11.3 Å². The van der Waals surface area contributed by atoms with Crippen molar-refractivity contribution in [2.75, 3.05) is 19.7 Å². The maximum absolute atomic E-state index is 13.1. The molecule has 1 aromatic carbocycles. The van der Waals surface area contributed by atoms with Crippen LogP contribution in [0, 0.1) is 5.92 Å². The topological polar surface area (TPSA) is 55.3 Å². The Morgan fingerprint density at radius 3 is 2.66 bits per heavy atom. The second-order valence-electron chi connectivity index (χ2n) is 7.49. The minimum absolute atomic E-state index is 0.0681. The molecule has 0 unspecified atom stereocenters. The highest BCUT2D eigenvalue weighted by Gasteiger charge is 2.34. The van der Waals surface area contributed by atoms with Crippen molar-refractivity contribution in [1.82, 2.24) is 14.9 Å². The van der Waals surface area contributed by atoms with E-state index >= 15 is 0 Å². The summed E-state index contributed by atoms with van der Waals surface area (Å²) in [6.45, 7) is 1.21. The number of hydrogen-bond acceptors (Lipinski definition) is 4. The van der Waals surface area contributed by atoms with Crippen LogP contribution in [0.1, 0.15) is 43.0 Å². The predicted octanol–water partition coefficient (Wildman–Crippen LogP) is 4.25. The molecule has 2 heterocycles. The largest absolute Gasteiger partial charge is 0.416 e. The molecule has 1 aliphatic carbocycles. The summed E-state index contributed by atoms with van der Waals surface area (Å²) in [5.41, 5.74) is 0.384. The molecular weight excluding hydrogens is 383 g/mol. The number of nitrogens with zero attached hydrogens (tertiary/aromatic N) is 3. The minimum atomic E-state index is -4.44. The molecule has 0 bridgehead atoms. The Morgan fingerprint density at radius 1 is 1.14 bits per heavy atom. The van der Waals surface area contributed by atoms with E-state index in [1.165, 1.54) is 18.5 Å². The molecule has 1 saturated heterocycles. The van der Waals surface area contributed by atoms with Crippen LogP contribution in [0.15, 0.2) is 36.7 Å². The van der Waals surface area contributed by atoms with E-state index in [0.29, 0.717) is 36.6 Å². The van der Waals surface area contributed by atoms with Gasteiger partial charge in [0.1, 0.15) is 6.10 Å². The summed E-state index contributed by atoms with van der Waals surface area (Å²) in [6.07, 6.45) is 1.97. The zero-order chi connectivity index (χ0) is 20.4. The summed E-state index contributed by atoms with van der Waals surface area (Å²) in [6, 6.07) is 5.03. The van der Waals surface area contributed by atoms with Gasteiger partial charge in [-0.05, 0) is 25.0 Å². The zero-order valence-electron chi connectivity index (χ0n) is 15.9. The lowest BCUT2D eigenvalue weighted by atomic mass is 10.0. The summed E-state index contributed by atoms with van der Waals surface area (Å²) in [4.78, 5) is 23.2. The number of aromatic nitrogens is 2. The molecule has 2 aromatic rings. The van der Waals surface area contributed by atoms with E-state index in [2.05, 4.69) is 9.97 Å². The van der Waals surface area contributed by atoms with Gasteiger partial charge < -0.3 is 9.64 Å². The Hall–Kier alpha value is -2.48. The molecule has 1 amide bonds. The Kier molecular flexibility index (Phi) is 5.54. The van der Waals surface area contributed by atoms with Crippen LogP contribution in [0.5, 0.6) is 0 Å². The average molecular weight is 405 g/mol. The monoisotopic (exact) mass is 405 g/mol. The van der Waals surface area contributed by atoms with Crippen LogP contribution in [-0.2, 0) is 15.7 Å². The molecular formula is C21H22F3N3O2. The summed E-state index contributed by atoms with van der Waals surface area (Å²) < 4.78 is 45.2. The van der Waals surface area contributed by atoms with Crippen LogP contribution >= 0.6 is 0 Å². The van der Waals surface area contributed by atoms with Crippen LogP contribution in [0.2, 0.25) is 0 Å². The second kappa shape index (κ2) is 8.10. The van der Waals surface area contributed by atoms with Crippen LogP contribution < -0.4 is 0 Å². The lowest BCUT2D eigenvalue weighted by molar-refractivity contribution is -0.143. The second-order valence-corrected chi connectivity index (χ2v) is 7.49. The highest BCUT2D eigenvalue weighted by Crippen LogP contribution is 2.35.